The fourth-order valence-electron chi connectivity index (χ4n) is 1.35. The van der Waals surface area contributed by atoms with Crippen molar-refractivity contribution in [3.63, 3.8) is 0 Å². The third kappa shape index (κ3) is 1.45. The van der Waals surface area contributed by atoms with Crippen LogP contribution in [0.2, 0.25) is 0 Å². The van der Waals surface area contributed by atoms with Crippen LogP contribution in [0.4, 0.5) is 0 Å². The number of carbonyl (C=O) groups is 1. The molecule has 0 aromatic rings. The zero-order valence-electron chi connectivity index (χ0n) is 6.70. The Kier molecular flexibility index (Phi) is 2.05. The molecule has 0 spiro atoms. The lowest BCUT2D eigenvalue weighted by molar-refractivity contribution is -0.119. The zero-order valence-corrected chi connectivity index (χ0v) is 7.52. The second-order valence-corrected chi connectivity index (χ2v) is 5.94. The number of Topliss-reactive ketones (excluding diaryl/α,β-unsaturated/α-hetero) is 1. The lowest BCUT2D eigenvalue weighted by Crippen LogP contribution is -2.37. The van der Waals surface area contributed by atoms with Gasteiger partial charge in [0.15, 0.2) is 9.84 Å². The quantitative estimate of drug-likeness (QED) is 0.541. The highest BCUT2D eigenvalue weighted by Gasteiger charge is 2.35. The summed E-state index contributed by atoms with van der Waals surface area (Å²) in [5.74, 6) is 0.0693. The first-order valence-corrected chi connectivity index (χ1v) is 5.30. The fourth-order valence-corrected chi connectivity index (χ4v) is 2.98. The first kappa shape index (κ1) is 8.71. The van der Waals surface area contributed by atoms with E-state index >= 15 is 0 Å². The summed E-state index contributed by atoms with van der Waals surface area (Å²) in [7, 11) is -2.99. The predicted octanol–water partition coefficient (Wildman–Crippen LogP) is 0.541. The van der Waals surface area contributed by atoms with Crippen molar-refractivity contribution in [2.45, 2.75) is 37.2 Å². The molecule has 3 nitrogen and oxygen atoms in total. The predicted molar refractivity (Wildman–Crippen MR) is 42.1 cm³/mol. The molecular weight excluding hydrogens is 164 g/mol. The molecule has 64 valence electrons. The monoisotopic (exact) mass is 176 g/mol. The molecule has 1 saturated heterocycles. The van der Waals surface area contributed by atoms with Crippen LogP contribution in [0.15, 0.2) is 0 Å². The van der Waals surface area contributed by atoms with Crippen LogP contribution in [-0.2, 0) is 14.6 Å². The summed E-state index contributed by atoms with van der Waals surface area (Å²) in [6.45, 7) is 3.20. The van der Waals surface area contributed by atoms with Gasteiger partial charge in [0.25, 0.3) is 0 Å². The van der Waals surface area contributed by atoms with E-state index in [0.29, 0.717) is 0 Å². The summed E-state index contributed by atoms with van der Waals surface area (Å²) in [5.41, 5.74) is 0. The van der Waals surface area contributed by atoms with Crippen LogP contribution in [-0.4, -0.2) is 24.7 Å². The van der Waals surface area contributed by atoms with Crippen molar-refractivity contribution in [1.29, 1.82) is 0 Å². The number of rotatable bonds is 0. The van der Waals surface area contributed by atoms with Crippen molar-refractivity contribution in [1.82, 2.24) is 0 Å². The summed E-state index contributed by atoms with van der Waals surface area (Å²) in [6, 6.07) is 0. The summed E-state index contributed by atoms with van der Waals surface area (Å²) in [6.07, 6.45) is 0.402. The van der Waals surface area contributed by atoms with E-state index in [1.165, 1.54) is 0 Å². The molecule has 0 N–H and O–H groups in total. The van der Waals surface area contributed by atoms with E-state index in [-0.39, 0.29) is 18.6 Å². The maximum Gasteiger partial charge on any atom is 0.156 e. The molecule has 0 aliphatic carbocycles. The number of hydrogen-bond acceptors (Lipinski definition) is 3. The lowest BCUT2D eigenvalue weighted by Gasteiger charge is -2.23. The maximum absolute atomic E-state index is 11.3. The van der Waals surface area contributed by atoms with Crippen LogP contribution in [0.1, 0.15) is 26.7 Å². The van der Waals surface area contributed by atoms with Gasteiger partial charge in [0.05, 0.1) is 10.5 Å². The molecule has 1 aliphatic heterocycles. The Labute approximate surface area is 66.7 Å². The van der Waals surface area contributed by atoms with E-state index < -0.39 is 20.3 Å². The normalized spacial score (nSPS) is 37.1. The standard InChI is InChI=1S/C7H12O3S/c1-5-3-7(8)4-6(2)11(5,9)10/h5-6H,3-4H2,1-2H3. The van der Waals surface area contributed by atoms with Crippen molar-refractivity contribution >= 4 is 15.6 Å². The molecule has 0 aromatic heterocycles. The van der Waals surface area contributed by atoms with Gasteiger partial charge in [-0.1, -0.05) is 0 Å². The SMILES string of the molecule is CC1CC(=O)CC(C)S1(=O)=O. The van der Waals surface area contributed by atoms with Crippen LogP contribution >= 0.6 is 0 Å². The van der Waals surface area contributed by atoms with Gasteiger partial charge in [-0.05, 0) is 13.8 Å². The topological polar surface area (TPSA) is 51.2 Å². The van der Waals surface area contributed by atoms with Gasteiger partial charge in [-0.15, -0.1) is 0 Å². The molecular formula is C7H12O3S. The van der Waals surface area contributed by atoms with E-state index in [9.17, 15) is 13.2 Å². The van der Waals surface area contributed by atoms with E-state index in [4.69, 9.17) is 0 Å². The van der Waals surface area contributed by atoms with Crippen LogP contribution in [0.25, 0.3) is 0 Å². The average molecular weight is 176 g/mol. The molecule has 0 radical (unpaired) electrons. The molecule has 4 heteroatoms. The third-order valence-electron chi connectivity index (χ3n) is 2.15. The first-order chi connectivity index (χ1) is 4.94. The number of sulfone groups is 1. The van der Waals surface area contributed by atoms with Crippen LogP contribution in [0.5, 0.6) is 0 Å². The van der Waals surface area contributed by atoms with Gasteiger partial charge < -0.3 is 0 Å². The van der Waals surface area contributed by atoms with Crippen LogP contribution in [0, 0.1) is 0 Å². The molecule has 0 aromatic carbocycles. The second-order valence-electron chi connectivity index (χ2n) is 3.16. The largest absolute Gasteiger partial charge is 0.300 e. The molecule has 0 bridgehead atoms. The van der Waals surface area contributed by atoms with Crippen molar-refractivity contribution in [2.75, 3.05) is 0 Å². The molecule has 1 aliphatic rings. The average Bonchev–Trinajstić information content (AvgIpc) is 1.84. The van der Waals surface area contributed by atoms with Crippen molar-refractivity contribution in [2.24, 2.45) is 0 Å². The van der Waals surface area contributed by atoms with Gasteiger partial charge in [0.2, 0.25) is 0 Å². The zero-order chi connectivity index (χ0) is 8.65. The number of ketones is 1. The van der Waals surface area contributed by atoms with Gasteiger partial charge in [-0.25, -0.2) is 8.42 Å². The van der Waals surface area contributed by atoms with Gasteiger partial charge >= 0.3 is 0 Å². The minimum atomic E-state index is -2.99. The van der Waals surface area contributed by atoms with Gasteiger partial charge in [-0.2, -0.15) is 0 Å². The summed E-state index contributed by atoms with van der Waals surface area (Å²) < 4.78 is 22.6. The lowest BCUT2D eigenvalue weighted by atomic mass is 10.1. The Balaban J connectivity index is 2.93. The second kappa shape index (κ2) is 2.59. The Bertz CT molecular complexity index is 245. The summed E-state index contributed by atoms with van der Waals surface area (Å²) in [5, 5.41) is -0.947. The Morgan fingerprint density at radius 2 is 1.55 bits per heavy atom. The molecule has 1 heterocycles. The highest BCUT2D eigenvalue weighted by Crippen LogP contribution is 2.22. The molecule has 2 unspecified atom stereocenters. The van der Waals surface area contributed by atoms with Gasteiger partial charge in [-0.3, -0.25) is 4.79 Å². The smallest absolute Gasteiger partial charge is 0.156 e. The molecule has 1 fully saturated rings. The molecule has 1 rings (SSSR count). The van der Waals surface area contributed by atoms with E-state index in [1.807, 2.05) is 0 Å². The Morgan fingerprint density at radius 3 is 1.91 bits per heavy atom. The Hall–Kier alpha value is -0.380. The van der Waals surface area contributed by atoms with Crippen molar-refractivity contribution in [3.05, 3.63) is 0 Å². The minimum Gasteiger partial charge on any atom is -0.300 e. The van der Waals surface area contributed by atoms with Crippen LogP contribution < -0.4 is 0 Å². The fraction of sp³-hybridized carbons (Fsp3) is 0.857. The molecule has 0 amide bonds. The summed E-state index contributed by atoms with van der Waals surface area (Å²) in [4.78, 5) is 10.9. The highest BCUT2D eigenvalue weighted by molar-refractivity contribution is 7.92. The molecule has 0 saturated carbocycles. The van der Waals surface area contributed by atoms with Crippen molar-refractivity contribution < 1.29 is 13.2 Å². The van der Waals surface area contributed by atoms with Crippen molar-refractivity contribution in [3.8, 4) is 0 Å². The Morgan fingerprint density at radius 1 is 1.18 bits per heavy atom. The van der Waals surface area contributed by atoms with Gasteiger partial charge in [0.1, 0.15) is 5.78 Å². The number of hydrogen-bond donors (Lipinski definition) is 0. The van der Waals surface area contributed by atoms with E-state index in [0.717, 1.165) is 0 Å². The summed E-state index contributed by atoms with van der Waals surface area (Å²) >= 11 is 0. The van der Waals surface area contributed by atoms with Gasteiger partial charge in [0, 0.05) is 12.8 Å². The first-order valence-electron chi connectivity index (χ1n) is 3.69. The minimum absolute atomic E-state index is 0.0693. The van der Waals surface area contributed by atoms with Crippen LogP contribution in [0.3, 0.4) is 0 Å². The molecule has 11 heavy (non-hydrogen) atoms. The van der Waals surface area contributed by atoms with E-state index in [1.54, 1.807) is 13.8 Å². The highest BCUT2D eigenvalue weighted by atomic mass is 32.2. The van der Waals surface area contributed by atoms with E-state index in [2.05, 4.69) is 0 Å². The third-order valence-corrected chi connectivity index (χ3v) is 4.73. The number of carbonyl (C=O) groups excluding carboxylic acids is 1. The maximum atomic E-state index is 11.3. The molecule has 2 atom stereocenters.